The molecule has 0 fully saturated rings. The molecular weight excluding hydrogens is 645 g/mol. The summed E-state index contributed by atoms with van der Waals surface area (Å²) in [5, 5.41) is 15.5. The molecule has 3 heterocycles. The van der Waals surface area contributed by atoms with Crippen molar-refractivity contribution in [2.45, 2.75) is 13.8 Å². The van der Waals surface area contributed by atoms with Crippen LogP contribution in [0.15, 0.2) is 128 Å². The van der Waals surface area contributed by atoms with Gasteiger partial charge in [0.2, 0.25) is 0 Å². The number of rotatable bonds is 5. The molecule has 9 heteroatoms. The Morgan fingerprint density at radius 1 is 0.700 bits per heavy atom. The van der Waals surface area contributed by atoms with E-state index in [2.05, 4.69) is 111 Å². The molecule has 0 aliphatic carbocycles. The van der Waals surface area contributed by atoms with Crippen LogP contribution in [-0.2, 0) is 15.1 Å². The second kappa shape index (κ2) is 15.6. The molecule has 204 valence electrons. The molecule has 0 atom stereocenters. The minimum Gasteiger partial charge on any atom is -0.0622 e. The van der Waals surface area contributed by atoms with Gasteiger partial charge < -0.3 is 0 Å². The quantitative estimate of drug-likeness (QED) is 0.157. The van der Waals surface area contributed by atoms with Crippen molar-refractivity contribution in [3.05, 3.63) is 139 Å². The topological polar surface area (TPSA) is 59.4 Å². The molecule has 0 saturated heterocycles. The van der Waals surface area contributed by atoms with Crippen LogP contribution in [0.5, 0.6) is 0 Å². The average Bonchev–Trinajstić information content (AvgIpc) is 3.66. The van der Waals surface area contributed by atoms with Crippen molar-refractivity contribution in [3.8, 4) is 17.2 Å². The summed E-state index contributed by atoms with van der Waals surface area (Å²) in [6.45, 7) is 3.99. The van der Waals surface area contributed by atoms with E-state index in [0.717, 1.165) is 28.6 Å². The molecule has 0 spiro atoms. The minimum atomic E-state index is -0.446. The third kappa shape index (κ3) is 8.19. The molecule has 6 rings (SSSR count). The van der Waals surface area contributed by atoms with Gasteiger partial charge in [0.15, 0.2) is 5.82 Å². The van der Waals surface area contributed by atoms with E-state index in [1.165, 1.54) is 15.9 Å². The molecule has 0 saturated carbocycles. The zero-order valence-electron chi connectivity index (χ0n) is 22.0. The molecule has 3 aromatic carbocycles. The summed E-state index contributed by atoms with van der Waals surface area (Å²) in [5.74, 6) is 0.813. The maximum Gasteiger partial charge on any atom is -0.0134 e. The van der Waals surface area contributed by atoms with Gasteiger partial charge in [-0.1, -0.05) is 97.1 Å². The zero-order valence-corrected chi connectivity index (χ0v) is 26.1. The van der Waals surface area contributed by atoms with Gasteiger partial charge in [0.1, 0.15) is 0 Å². The first-order chi connectivity index (χ1) is 19.6. The van der Waals surface area contributed by atoms with Crippen LogP contribution >= 0.6 is 27.3 Å². The summed E-state index contributed by atoms with van der Waals surface area (Å²) in [5.41, 5.74) is 3.82. The van der Waals surface area contributed by atoms with Crippen LogP contribution in [0.3, 0.4) is 0 Å². The van der Waals surface area contributed by atoms with E-state index in [-0.39, 0.29) is 15.1 Å². The van der Waals surface area contributed by atoms with Gasteiger partial charge in [0.05, 0.1) is 17.1 Å². The SMILES string of the molecule is Cc1cc(C)n(-c2cccc(-c3ccn[nH]3)n2)n1.[Cl][Ru][Cl].c1ccc(P(c2ccccc2)c2ccccc2)cc1. The summed E-state index contributed by atoms with van der Waals surface area (Å²) in [6, 6.07) is 42.1. The molecule has 0 aliphatic heterocycles. The number of aromatic amines is 1. The summed E-state index contributed by atoms with van der Waals surface area (Å²) in [4.78, 5) is 4.59. The summed E-state index contributed by atoms with van der Waals surface area (Å²) in [7, 11) is 9.26. The second-order valence-corrected chi connectivity index (χ2v) is 13.4. The second-order valence-electron chi connectivity index (χ2n) is 8.58. The van der Waals surface area contributed by atoms with Crippen LogP contribution in [0.4, 0.5) is 0 Å². The monoisotopic (exact) mass is 673 g/mol. The fourth-order valence-corrected chi connectivity index (χ4v) is 6.43. The molecule has 5 nitrogen and oxygen atoms in total. The Hall–Kier alpha value is -3.14. The average molecular weight is 674 g/mol. The molecular formula is C31H28Cl2N5PRu. The van der Waals surface area contributed by atoms with Crippen LogP contribution < -0.4 is 15.9 Å². The van der Waals surface area contributed by atoms with E-state index < -0.39 is 7.92 Å². The largest absolute Gasteiger partial charge is 0.0622 e. The van der Waals surface area contributed by atoms with Crippen molar-refractivity contribution < 1.29 is 15.1 Å². The fraction of sp³-hybridized carbons (Fsp3) is 0.0645. The number of pyridine rings is 1. The van der Waals surface area contributed by atoms with Gasteiger partial charge in [0.25, 0.3) is 0 Å². The molecule has 0 bridgehead atoms. The first kappa shape index (κ1) is 29.8. The Kier molecular flexibility index (Phi) is 11.6. The molecule has 6 aromatic rings. The van der Waals surface area contributed by atoms with Crippen molar-refractivity contribution in [2.75, 3.05) is 0 Å². The van der Waals surface area contributed by atoms with E-state index in [1.807, 2.05) is 48.9 Å². The number of nitrogens with one attached hydrogen (secondary N) is 1. The first-order valence-electron chi connectivity index (χ1n) is 12.4. The predicted molar refractivity (Wildman–Crippen MR) is 165 cm³/mol. The fourth-order valence-electron chi connectivity index (χ4n) is 4.13. The van der Waals surface area contributed by atoms with Crippen molar-refractivity contribution in [1.29, 1.82) is 0 Å². The number of hydrogen-bond acceptors (Lipinski definition) is 3. The molecule has 0 radical (unpaired) electrons. The van der Waals surface area contributed by atoms with Gasteiger partial charge >= 0.3 is 34.5 Å². The maximum atomic E-state index is 4.85. The number of aromatic nitrogens is 5. The number of benzene rings is 3. The summed E-state index contributed by atoms with van der Waals surface area (Å²) >= 11 is -0.346. The zero-order chi connectivity index (χ0) is 28.2. The smallest absolute Gasteiger partial charge is 0.0134 e. The molecule has 0 amide bonds. The Labute approximate surface area is 252 Å². The standard InChI is InChI=1S/C18H15P.C13H13N5.2ClH.Ru/c1-4-10-16(11-5-1)19(17-12-6-2-7-13-17)18-14-8-3-9-15-18;1-9-8-10(2)18(17-9)13-5-3-4-11(15-13)12-6-7-14-16-12;;;/h1-15H;3-8H,1-2H3,(H,14,16);2*1H;/q;;;;+2/p-2. The van der Waals surface area contributed by atoms with E-state index >= 15 is 0 Å². The molecule has 3 aromatic heterocycles. The van der Waals surface area contributed by atoms with Gasteiger partial charge in [-0.3, -0.25) is 5.10 Å². The predicted octanol–water partition coefficient (Wildman–Crippen LogP) is 7.10. The van der Waals surface area contributed by atoms with Crippen LogP contribution in [0.25, 0.3) is 17.2 Å². The van der Waals surface area contributed by atoms with Crippen LogP contribution in [0.1, 0.15) is 11.4 Å². The minimum absolute atomic E-state index is 0.346. The van der Waals surface area contributed by atoms with Crippen LogP contribution in [-0.4, -0.2) is 25.0 Å². The summed E-state index contributed by atoms with van der Waals surface area (Å²) in [6.07, 6.45) is 1.72. The van der Waals surface area contributed by atoms with E-state index in [9.17, 15) is 0 Å². The van der Waals surface area contributed by atoms with Crippen molar-refractivity contribution in [1.82, 2.24) is 25.0 Å². The molecule has 0 unspecified atom stereocenters. The van der Waals surface area contributed by atoms with Crippen LogP contribution in [0, 0.1) is 13.8 Å². The molecule has 1 N–H and O–H groups in total. The Balaban J connectivity index is 0.000000169. The van der Waals surface area contributed by atoms with E-state index in [0.29, 0.717) is 0 Å². The number of aryl methyl sites for hydroxylation is 2. The maximum absolute atomic E-state index is 4.85. The van der Waals surface area contributed by atoms with E-state index in [1.54, 1.807) is 6.20 Å². The number of hydrogen-bond donors (Lipinski definition) is 1. The Morgan fingerprint density at radius 3 is 1.65 bits per heavy atom. The normalized spacial score (nSPS) is 10.4. The number of H-pyrrole nitrogens is 1. The van der Waals surface area contributed by atoms with Gasteiger partial charge in [-0.2, -0.15) is 10.2 Å². The van der Waals surface area contributed by atoms with E-state index in [4.69, 9.17) is 19.4 Å². The molecule has 0 aliphatic rings. The van der Waals surface area contributed by atoms with Gasteiger partial charge in [-0.15, -0.1) is 0 Å². The number of nitrogens with zero attached hydrogens (tertiary/aromatic N) is 4. The van der Waals surface area contributed by atoms with Gasteiger partial charge in [-0.25, -0.2) is 9.67 Å². The van der Waals surface area contributed by atoms with Gasteiger partial charge in [0, 0.05) is 11.9 Å². The first-order valence-corrected chi connectivity index (χ1v) is 18.2. The van der Waals surface area contributed by atoms with Crippen molar-refractivity contribution >= 4 is 43.2 Å². The van der Waals surface area contributed by atoms with Crippen molar-refractivity contribution in [2.24, 2.45) is 0 Å². The molecule has 40 heavy (non-hydrogen) atoms. The third-order valence-electron chi connectivity index (χ3n) is 5.78. The number of halogens is 2. The Morgan fingerprint density at radius 2 is 1.23 bits per heavy atom. The van der Waals surface area contributed by atoms with Gasteiger partial charge in [-0.05, 0) is 61.9 Å². The Bertz CT molecular complexity index is 1470. The van der Waals surface area contributed by atoms with Crippen molar-refractivity contribution in [3.63, 3.8) is 0 Å². The third-order valence-corrected chi connectivity index (χ3v) is 8.22. The summed E-state index contributed by atoms with van der Waals surface area (Å²) < 4.78 is 1.84. The van der Waals surface area contributed by atoms with Crippen LogP contribution in [0.2, 0.25) is 0 Å².